The maximum Gasteiger partial charge on any atom is 0.330 e. The van der Waals surface area contributed by atoms with E-state index in [0.717, 1.165) is 141 Å². The van der Waals surface area contributed by atoms with E-state index in [1.54, 1.807) is 0 Å². The van der Waals surface area contributed by atoms with E-state index in [2.05, 4.69) is 63.9 Å². The second-order valence-electron chi connectivity index (χ2n) is 16.6. The van der Waals surface area contributed by atoms with E-state index < -0.39 is 36.4 Å². The number of nitrogens with zero attached hydrogens (tertiary/aromatic N) is 1. The fourth-order valence-corrected chi connectivity index (χ4v) is 6.70. The zero-order valence-corrected chi connectivity index (χ0v) is 37.8. The maximum absolute atomic E-state index is 12.4. The molecule has 4 atom stereocenters. The summed E-state index contributed by atoms with van der Waals surface area (Å²) < 4.78 is 11.4. The highest BCUT2D eigenvalue weighted by Gasteiger charge is 2.22. The van der Waals surface area contributed by atoms with Crippen LogP contribution in [0.2, 0.25) is 0 Å². The Kier molecular flexibility index (Phi) is 35.6. The van der Waals surface area contributed by atoms with Crippen LogP contribution in [0.25, 0.3) is 0 Å². The lowest BCUT2D eigenvalue weighted by Crippen LogP contribution is -2.49. The third kappa shape index (κ3) is 34.2. The molecule has 59 heavy (non-hydrogen) atoms. The number of carbonyl (C=O) groups is 4. The predicted molar refractivity (Wildman–Crippen MR) is 240 cm³/mol. The van der Waals surface area contributed by atoms with Crippen molar-refractivity contribution in [3.8, 4) is 0 Å². The molecule has 11 nitrogen and oxygen atoms in total. The van der Waals surface area contributed by atoms with Crippen LogP contribution in [-0.4, -0.2) is 103 Å². The molecule has 4 unspecified atom stereocenters. The Labute approximate surface area is 359 Å². The van der Waals surface area contributed by atoms with Gasteiger partial charge in [-0.05, 0) is 77.0 Å². The topological polar surface area (TPSA) is 151 Å². The number of esters is 2. The number of carbonyl (C=O) groups excluding carboxylic acids is 4. The monoisotopic (exact) mass is 833 g/mol. The molecule has 0 aliphatic rings. The molecule has 0 aromatic carbocycles. The number of amides is 2. The van der Waals surface area contributed by atoms with Gasteiger partial charge in [0.25, 0.3) is 0 Å². The molecule has 0 aliphatic carbocycles. The van der Waals surface area contributed by atoms with Gasteiger partial charge in [0.2, 0.25) is 11.8 Å². The molecule has 0 radical (unpaired) electrons. The minimum atomic E-state index is -0.714. The first-order valence-corrected chi connectivity index (χ1v) is 23.1. The number of likely N-dealkylation sites (N-methyl/N-ethyl adjacent to an activating group) is 1. The van der Waals surface area contributed by atoms with Crippen molar-refractivity contribution in [3.63, 3.8) is 0 Å². The van der Waals surface area contributed by atoms with Crippen molar-refractivity contribution in [2.24, 2.45) is 0 Å². The van der Waals surface area contributed by atoms with E-state index in [9.17, 15) is 29.4 Å². The van der Waals surface area contributed by atoms with E-state index in [1.165, 1.54) is 0 Å². The molecule has 0 saturated heterocycles. The molecule has 0 saturated carbocycles. The second kappa shape index (κ2) is 37.7. The molecule has 4 N–H and O–H groups in total. The Bertz CT molecular complexity index is 1100. The number of quaternary nitrogens is 1. The normalized spacial score (nSPS) is 13.8. The standard InChI is InChI=1S/C48H85N3O8/c1-7-11-25-33-43(58-47(56)9-3)41(52)31-27-21-17-13-15-19-23-29-35-45(54)49-37-39-51(5,6)40-38-50-46(55)36-30-24-20-16-14-18-22-28-32-42(53)44(34-26-12-8-2)59-48(57)10-4/h9-10,21-22,27-28,41-44,52-53H,3-4,7-8,11-20,23-26,29-40H2,1-2,5-6H3,(H-,49,50,54,55)/p+1/b27-21+,28-22+. The lowest BCUT2D eigenvalue weighted by Gasteiger charge is -2.30. The zero-order chi connectivity index (χ0) is 44.0. The number of aliphatic hydroxyl groups is 2. The molecule has 340 valence electrons. The lowest BCUT2D eigenvalue weighted by molar-refractivity contribution is -0.887. The minimum absolute atomic E-state index is 0.0924. The van der Waals surface area contributed by atoms with E-state index in [-0.39, 0.29) is 11.8 Å². The first kappa shape index (κ1) is 55.7. The summed E-state index contributed by atoms with van der Waals surface area (Å²) in [7, 11) is 4.23. The summed E-state index contributed by atoms with van der Waals surface area (Å²) in [5, 5.41) is 27.2. The molecular formula is C48H86N3O8+. The maximum atomic E-state index is 12.4. The molecule has 0 rings (SSSR count). The fraction of sp³-hybridized carbons (Fsp3) is 0.750. The Morgan fingerprint density at radius 1 is 0.559 bits per heavy atom. The van der Waals surface area contributed by atoms with Crippen LogP contribution in [0.1, 0.15) is 168 Å². The highest BCUT2D eigenvalue weighted by Crippen LogP contribution is 2.17. The van der Waals surface area contributed by atoms with Crippen molar-refractivity contribution in [2.75, 3.05) is 40.3 Å². The Morgan fingerprint density at radius 3 is 1.31 bits per heavy atom. The number of hydrogen-bond acceptors (Lipinski definition) is 8. The highest BCUT2D eigenvalue weighted by molar-refractivity contribution is 5.81. The SMILES string of the molecule is C=CC(=O)OC(CCCCC)C(O)C/C=C/CCCCCCCC(=O)NCC[N+](C)(C)CCNC(=O)CCCCCCC/C=C/CC(O)C(CCCCC)OC(=O)C=C. The molecular weight excluding hydrogens is 747 g/mol. The molecule has 0 aromatic heterocycles. The zero-order valence-electron chi connectivity index (χ0n) is 37.8. The minimum Gasteiger partial charge on any atom is -0.456 e. The lowest BCUT2D eigenvalue weighted by atomic mass is 10.0. The van der Waals surface area contributed by atoms with E-state index in [1.807, 2.05) is 12.2 Å². The second-order valence-corrected chi connectivity index (χ2v) is 16.6. The summed E-state index contributed by atoms with van der Waals surface area (Å²) in [6, 6.07) is 0. The number of unbranched alkanes of at least 4 members (excludes halogenated alkanes) is 14. The van der Waals surface area contributed by atoms with Gasteiger partial charge in [0, 0.05) is 25.0 Å². The van der Waals surface area contributed by atoms with Crippen LogP contribution in [0.4, 0.5) is 0 Å². The number of nitrogens with one attached hydrogen (secondary N) is 2. The molecule has 0 aromatic rings. The smallest absolute Gasteiger partial charge is 0.330 e. The van der Waals surface area contributed by atoms with Crippen LogP contribution in [-0.2, 0) is 28.7 Å². The molecule has 0 fully saturated rings. The van der Waals surface area contributed by atoms with Gasteiger partial charge in [0.15, 0.2) is 0 Å². The van der Waals surface area contributed by atoms with Gasteiger partial charge in [0.05, 0.1) is 52.5 Å². The first-order valence-electron chi connectivity index (χ1n) is 23.1. The Hall–Kier alpha value is -3.28. The van der Waals surface area contributed by atoms with Crippen LogP contribution >= 0.6 is 0 Å². The molecule has 0 aliphatic heterocycles. The van der Waals surface area contributed by atoms with Gasteiger partial charge in [0.1, 0.15) is 12.2 Å². The number of ether oxygens (including phenoxy) is 2. The fourth-order valence-electron chi connectivity index (χ4n) is 6.70. The van der Waals surface area contributed by atoms with Gasteiger partial charge in [-0.25, -0.2) is 9.59 Å². The summed E-state index contributed by atoms with van der Waals surface area (Å²) in [5.41, 5.74) is 0. The molecule has 0 heterocycles. The highest BCUT2D eigenvalue weighted by atomic mass is 16.6. The van der Waals surface area contributed by atoms with E-state index in [0.29, 0.717) is 56.1 Å². The summed E-state index contributed by atoms with van der Waals surface area (Å²) in [6.45, 7) is 13.9. The number of hydrogen-bond donors (Lipinski definition) is 4. The summed E-state index contributed by atoms with van der Waals surface area (Å²) >= 11 is 0. The quantitative estimate of drug-likeness (QED) is 0.0157. The third-order valence-electron chi connectivity index (χ3n) is 10.6. The van der Waals surface area contributed by atoms with E-state index >= 15 is 0 Å². The van der Waals surface area contributed by atoms with Crippen LogP contribution in [0.3, 0.4) is 0 Å². The van der Waals surface area contributed by atoms with Crippen molar-refractivity contribution in [1.82, 2.24) is 10.6 Å². The van der Waals surface area contributed by atoms with Gasteiger partial charge in [-0.15, -0.1) is 0 Å². The van der Waals surface area contributed by atoms with Crippen LogP contribution in [0.15, 0.2) is 49.6 Å². The van der Waals surface area contributed by atoms with Crippen LogP contribution < -0.4 is 10.6 Å². The van der Waals surface area contributed by atoms with Gasteiger partial charge in [-0.2, -0.15) is 0 Å². The number of aliphatic hydroxyl groups excluding tert-OH is 2. The average molecular weight is 833 g/mol. The summed E-state index contributed by atoms with van der Waals surface area (Å²) in [5.74, 6) is -0.801. The van der Waals surface area contributed by atoms with Crippen LogP contribution in [0, 0.1) is 0 Å². The summed E-state index contributed by atoms with van der Waals surface area (Å²) in [6.07, 6.45) is 29.5. The summed E-state index contributed by atoms with van der Waals surface area (Å²) in [4.78, 5) is 48.0. The number of allylic oxidation sites excluding steroid dienone is 2. The van der Waals surface area contributed by atoms with Crippen molar-refractivity contribution in [2.45, 2.75) is 192 Å². The molecule has 2 amide bonds. The molecule has 0 spiro atoms. The van der Waals surface area contributed by atoms with Crippen molar-refractivity contribution < 1.29 is 43.3 Å². The van der Waals surface area contributed by atoms with Crippen molar-refractivity contribution >= 4 is 23.8 Å². The Balaban J connectivity index is 3.92. The molecule has 11 heteroatoms. The van der Waals surface area contributed by atoms with Gasteiger partial charge in [-0.1, -0.05) is 116 Å². The predicted octanol–water partition coefficient (Wildman–Crippen LogP) is 8.73. The average Bonchev–Trinajstić information content (AvgIpc) is 3.20. The van der Waals surface area contributed by atoms with Gasteiger partial charge in [-0.3, -0.25) is 9.59 Å². The third-order valence-corrected chi connectivity index (χ3v) is 10.6. The van der Waals surface area contributed by atoms with Crippen molar-refractivity contribution in [3.05, 3.63) is 49.6 Å². The largest absolute Gasteiger partial charge is 0.456 e. The Morgan fingerprint density at radius 2 is 0.932 bits per heavy atom. The van der Waals surface area contributed by atoms with Crippen LogP contribution in [0.5, 0.6) is 0 Å². The first-order chi connectivity index (χ1) is 28.4. The van der Waals surface area contributed by atoms with Crippen molar-refractivity contribution in [1.29, 1.82) is 0 Å². The van der Waals surface area contributed by atoms with E-state index in [4.69, 9.17) is 9.47 Å². The number of rotatable bonds is 40. The molecule has 0 bridgehead atoms. The van der Waals surface area contributed by atoms with Gasteiger partial charge >= 0.3 is 11.9 Å². The van der Waals surface area contributed by atoms with Gasteiger partial charge < -0.3 is 34.8 Å².